The van der Waals surface area contributed by atoms with Crippen LogP contribution in [0.4, 0.5) is 6.01 Å². The molecule has 1 unspecified atom stereocenters. The highest BCUT2D eigenvalue weighted by molar-refractivity contribution is 5.25. The van der Waals surface area contributed by atoms with Gasteiger partial charge in [0.15, 0.2) is 0 Å². The Morgan fingerprint density at radius 1 is 1.60 bits per heavy atom. The second-order valence-electron chi connectivity index (χ2n) is 4.05. The minimum absolute atomic E-state index is 0.662. The third-order valence-electron chi connectivity index (χ3n) is 2.51. The Labute approximate surface area is 91.7 Å². The van der Waals surface area contributed by atoms with Crippen LogP contribution in [0.5, 0.6) is 0 Å². The minimum atomic E-state index is 0.662. The first kappa shape index (κ1) is 12.0. The number of nitrogens with zero attached hydrogens (tertiary/aromatic N) is 2. The number of hydrogen-bond acceptors (Lipinski definition) is 4. The second kappa shape index (κ2) is 5.75. The molecule has 1 heterocycles. The second-order valence-corrected chi connectivity index (χ2v) is 4.05. The van der Waals surface area contributed by atoms with Crippen LogP contribution in [0.3, 0.4) is 0 Å². The topological polar surface area (TPSA) is 41.3 Å². The van der Waals surface area contributed by atoms with Crippen molar-refractivity contribution in [1.29, 1.82) is 0 Å². The van der Waals surface area contributed by atoms with Crippen LogP contribution in [0.25, 0.3) is 0 Å². The molecule has 0 aliphatic heterocycles. The fourth-order valence-electron chi connectivity index (χ4n) is 1.41. The maximum Gasteiger partial charge on any atom is 0.297 e. The van der Waals surface area contributed by atoms with Crippen LogP contribution in [0.15, 0.2) is 10.7 Å². The van der Waals surface area contributed by atoms with Crippen molar-refractivity contribution in [2.75, 3.05) is 25.5 Å². The molecule has 0 aliphatic rings. The molecule has 0 spiro atoms. The summed E-state index contributed by atoms with van der Waals surface area (Å²) in [7, 11) is 3.92. The number of rotatable bonds is 6. The molecule has 0 aromatic carbocycles. The van der Waals surface area contributed by atoms with Crippen molar-refractivity contribution in [2.24, 2.45) is 5.92 Å². The molecule has 1 N–H and O–H groups in total. The Morgan fingerprint density at radius 3 is 2.93 bits per heavy atom. The Morgan fingerprint density at radius 2 is 2.33 bits per heavy atom. The molecule has 4 nitrogen and oxygen atoms in total. The van der Waals surface area contributed by atoms with E-state index in [9.17, 15) is 0 Å². The third kappa shape index (κ3) is 3.55. The molecule has 1 atom stereocenters. The van der Waals surface area contributed by atoms with E-state index in [2.05, 4.69) is 29.0 Å². The molecule has 4 heteroatoms. The average molecular weight is 211 g/mol. The molecule has 0 radical (unpaired) electrons. The summed E-state index contributed by atoms with van der Waals surface area (Å²) in [4.78, 5) is 6.45. The van der Waals surface area contributed by atoms with Crippen LogP contribution in [0, 0.1) is 5.92 Å². The molecule has 1 rings (SSSR count). The molecular formula is C11H21N3O. The Balaban J connectivity index is 2.53. The number of aromatic nitrogens is 1. The van der Waals surface area contributed by atoms with Crippen molar-refractivity contribution in [2.45, 2.75) is 26.8 Å². The van der Waals surface area contributed by atoms with Crippen LogP contribution >= 0.6 is 0 Å². The van der Waals surface area contributed by atoms with Gasteiger partial charge < -0.3 is 14.6 Å². The van der Waals surface area contributed by atoms with Gasteiger partial charge in [0, 0.05) is 20.1 Å². The smallest absolute Gasteiger partial charge is 0.297 e. The highest BCUT2D eigenvalue weighted by Crippen LogP contribution is 2.14. The fraction of sp³-hybridized carbons (Fsp3) is 0.727. The molecule has 0 bridgehead atoms. The monoisotopic (exact) mass is 211 g/mol. The van der Waals surface area contributed by atoms with Gasteiger partial charge in [-0.2, -0.15) is 4.98 Å². The van der Waals surface area contributed by atoms with Gasteiger partial charge in [-0.1, -0.05) is 20.3 Å². The van der Waals surface area contributed by atoms with E-state index in [0.29, 0.717) is 11.9 Å². The van der Waals surface area contributed by atoms with Gasteiger partial charge in [-0.05, 0) is 13.0 Å². The predicted octanol–water partition coefficient (Wildman–Crippen LogP) is 1.88. The molecular weight excluding hydrogens is 190 g/mol. The van der Waals surface area contributed by atoms with Crippen molar-refractivity contribution in [3.8, 4) is 0 Å². The molecule has 0 amide bonds. The van der Waals surface area contributed by atoms with Gasteiger partial charge in [-0.25, -0.2) is 0 Å². The van der Waals surface area contributed by atoms with Crippen molar-refractivity contribution in [3.63, 3.8) is 0 Å². The van der Waals surface area contributed by atoms with Crippen LogP contribution in [0.2, 0.25) is 0 Å². The SMILES string of the molecule is CCC(C)CN(C)c1nc(CNC)co1. The molecule has 86 valence electrons. The van der Waals surface area contributed by atoms with Crippen molar-refractivity contribution < 1.29 is 4.42 Å². The first-order valence-corrected chi connectivity index (χ1v) is 5.47. The Hall–Kier alpha value is -1.03. The third-order valence-corrected chi connectivity index (χ3v) is 2.51. The highest BCUT2D eigenvalue weighted by atomic mass is 16.4. The van der Waals surface area contributed by atoms with E-state index in [1.807, 2.05) is 14.1 Å². The summed E-state index contributed by atoms with van der Waals surface area (Å²) in [5, 5.41) is 3.05. The van der Waals surface area contributed by atoms with E-state index < -0.39 is 0 Å². The number of oxazole rings is 1. The number of anilines is 1. The summed E-state index contributed by atoms with van der Waals surface area (Å²) in [5.74, 6) is 0.662. The van der Waals surface area contributed by atoms with Gasteiger partial charge in [0.25, 0.3) is 6.01 Å². The van der Waals surface area contributed by atoms with Crippen molar-refractivity contribution in [1.82, 2.24) is 10.3 Å². The standard InChI is InChI=1S/C11H21N3O/c1-5-9(2)7-14(4)11-13-10(6-12-3)8-15-11/h8-9,12H,5-7H2,1-4H3. The van der Waals surface area contributed by atoms with E-state index in [-0.39, 0.29) is 0 Å². The number of hydrogen-bond donors (Lipinski definition) is 1. The average Bonchev–Trinajstić information content (AvgIpc) is 2.67. The zero-order valence-corrected chi connectivity index (χ0v) is 10.1. The fourth-order valence-corrected chi connectivity index (χ4v) is 1.41. The van der Waals surface area contributed by atoms with Crippen LogP contribution < -0.4 is 10.2 Å². The van der Waals surface area contributed by atoms with Gasteiger partial charge >= 0.3 is 0 Å². The first-order chi connectivity index (χ1) is 7.17. The van der Waals surface area contributed by atoms with Crippen molar-refractivity contribution in [3.05, 3.63) is 12.0 Å². The Kier molecular flexibility index (Phi) is 4.62. The predicted molar refractivity (Wildman–Crippen MR) is 62.0 cm³/mol. The summed E-state index contributed by atoms with van der Waals surface area (Å²) in [6.45, 7) is 6.16. The van der Waals surface area contributed by atoms with Gasteiger partial charge in [-0.3, -0.25) is 0 Å². The van der Waals surface area contributed by atoms with Crippen molar-refractivity contribution >= 4 is 6.01 Å². The van der Waals surface area contributed by atoms with E-state index >= 15 is 0 Å². The summed E-state index contributed by atoms with van der Waals surface area (Å²) in [6.07, 6.45) is 2.88. The molecule has 0 aliphatic carbocycles. The lowest BCUT2D eigenvalue weighted by Gasteiger charge is -2.18. The summed E-state index contributed by atoms with van der Waals surface area (Å²) in [6, 6.07) is 0.709. The summed E-state index contributed by atoms with van der Waals surface area (Å²) >= 11 is 0. The largest absolute Gasteiger partial charge is 0.432 e. The minimum Gasteiger partial charge on any atom is -0.432 e. The first-order valence-electron chi connectivity index (χ1n) is 5.47. The summed E-state index contributed by atoms with van der Waals surface area (Å²) in [5.41, 5.74) is 0.948. The molecule has 1 aromatic heterocycles. The van der Waals surface area contributed by atoms with Gasteiger partial charge in [-0.15, -0.1) is 0 Å². The zero-order chi connectivity index (χ0) is 11.3. The van der Waals surface area contributed by atoms with Gasteiger partial charge in [0.2, 0.25) is 0 Å². The van der Waals surface area contributed by atoms with E-state index in [0.717, 1.165) is 18.8 Å². The lowest BCUT2D eigenvalue weighted by atomic mass is 10.1. The quantitative estimate of drug-likeness (QED) is 0.780. The maximum absolute atomic E-state index is 5.40. The van der Waals surface area contributed by atoms with Crippen LogP contribution in [-0.4, -0.2) is 25.6 Å². The lowest BCUT2D eigenvalue weighted by molar-refractivity contribution is 0.502. The molecule has 0 fully saturated rings. The highest BCUT2D eigenvalue weighted by Gasteiger charge is 2.10. The lowest BCUT2D eigenvalue weighted by Crippen LogP contribution is -2.23. The van der Waals surface area contributed by atoms with E-state index in [1.165, 1.54) is 6.42 Å². The van der Waals surface area contributed by atoms with E-state index in [4.69, 9.17) is 4.42 Å². The van der Waals surface area contributed by atoms with Gasteiger partial charge in [0.1, 0.15) is 6.26 Å². The van der Waals surface area contributed by atoms with Crippen LogP contribution in [0.1, 0.15) is 26.0 Å². The Bertz CT molecular complexity index is 285. The molecule has 0 saturated heterocycles. The zero-order valence-electron chi connectivity index (χ0n) is 10.1. The molecule has 1 aromatic rings. The van der Waals surface area contributed by atoms with Gasteiger partial charge in [0.05, 0.1) is 5.69 Å². The molecule has 15 heavy (non-hydrogen) atoms. The number of nitrogens with one attached hydrogen (secondary N) is 1. The normalized spacial score (nSPS) is 12.8. The maximum atomic E-state index is 5.40. The van der Waals surface area contributed by atoms with E-state index in [1.54, 1.807) is 6.26 Å². The van der Waals surface area contributed by atoms with Crippen LogP contribution in [-0.2, 0) is 6.54 Å². The molecule has 0 saturated carbocycles. The summed E-state index contributed by atoms with van der Waals surface area (Å²) < 4.78 is 5.40.